The fourth-order valence-electron chi connectivity index (χ4n) is 2.61. The van der Waals surface area contributed by atoms with Gasteiger partial charge in [0.2, 0.25) is 10.0 Å². The van der Waals surface area contributed by atoms with Gasteiger partial charge in [0.15, 0.2) is 0 Å². The van der Waals surface area contributed by atoms with Gasteiger partial charge in [-0.2, -0.15) is 0 Å². The Hall–Kier alpha value is -0.530. The van der Waals surface area contributed by atoms with Gasteiger partial charge >= 0.3 is 0 Å². The average molecular weight is 353 g/mol. The third-order valence-corrected chi connectivity index (χ3v) is 6.14. The van der Waals surface area contributed by atoms with Crippen LogP contribution in [-0.4, -0.2) is 27.6 Å². The first-order chi connectivity index (χ1) is 9.83. The Morgan fingerprint density at radius 1 is 1.29 bits per heavy atom. The van der Waals surface area contributed by atoms with E-state index < -0.39 is 15.6 Å². The zero-order chi connectivity index (χ0) is 15.7. The second-order valence-electron chi connectivity index (χ2n) is 5.21. The molecule has 0 radical (unpaired) electrons. The standard InChI is InChI=1S/C13H18Cl2N2O3S/c1-20-11-6-10(15)12(7-9(11)14)21(18,19)17-13(8-16)4-2-3-5-13/h6-7,17H,2-5,8,16H2,1H3. The van der Waals surface area contributed by atoms with Gasteiger partial charge in [0, 0.05) is 18.2 Å². The van der Waals surface area contributed by atoms with Crippen LogP contribution in [0.2, 0.25) is 10.0 Å². The molecule has 1 aliphatic rings. The van der Waals surface area contributed by atoms with Crippen LogP contribution in [0.15, 0.2) is 17.0 Å². The molecule has 0 bridgehead atoms. The molecule has 8 heteroatoms. The minimum atomic E-state index is -3.79. The van der Waals surface area contributed by atoms with E-state index in [0.29, 0.717) is 5.75 Å². The Kier molecular flexibility index (Phi) is 5.05. The Labute approximate surface area is 134 Å². The van der Waals surface area contributed by atoms with Gasteiger partial charge in [0.1, 0.15) is 10.6 Å². The van der Waals surface area contributed by atoms with Crippen molar-refractivity contribution in [1.82, 2.24) is 4.72 Å². The van der Waals surface area contributed by atoms with Crippen LogP contribution in [-0.2, 0) is 10.0 Å². The number of hydrogen-bond acceptors (Lipinski definition) is 4. The van der Waals surface area contributed by atoms with Crippen LogP contribution < -0.4 is 15.2 Å². The van der Waals surface area contributed by atoms with Crippen LogP contribution in [0.3, 0.4) is 0 Å². The lowest BCUT2D eigenvalue weighted by Crippen LogP contribution is -2.51. The highest BCUT2D eigenvalue weighted by atomic mass is 35.5. The fourth-order valence-corrected chi connectivity index (χ4v) is 4.93. The highest BCUT2D eigenvalue weighted by Crippen LogP contribution is 2.35. The number of ether oxygens (including phenoxy) is 1. The van der Waals surface area contributed by atoms with E-state index in [2.05, 4.69) is 4.72 Å². The lowest BCUT2D eigenvalue weighted by molar-refractivity contribution is 0.399. The molecule has 0 atom stereocenters. The van der Waals surface area contributed by atoms with Crippen LogP contribution in [0.4, 0.5) is 0 Å². The maximum absolute atomic E-state index is 12.6. The highest BCUT2D eigenvalue weighted by Gasteiger charge is 2.37. The first kappa shape index (κ1) is 16.8. The Bertz CT molecular complexity index is 629. The fraction of sp³-hybridized carbons (Fsp3) is 0.538. The molecule has 1 aromatic rings. The summed E-state index contributed by atoms with van der Waals surface area (Å²) in [6.45, 7) is 0.258. The van der Waals surface area contributed by atoms with E-state index in [0.717, 1.165) is 25.7 Å². The molecule has 1 aliphatic carbocycles. The van der Waals surface area contributed by atoms with Gasteiger partial charge in [-0.25, -0.2) is 13.1 Å². The molecular weight excluding hydrogens is 335 g/mol. The van der Waals surface area contributed by atoms with E-state index in [1.54, 1.807) is 0 Å². The van der Waals surface area contributed by atoms with E-state index >= 15 is 0 Å². The smallest absolute Gasteiger partial charge is 0.242 e. The first-order valence-corrected chi connectivity index (χ1v) is 8.84. The van der Waals surface area contributed by atoms with E-state index in [1.165, 1.54) is 19.2 Å². The van der Waals surface area contributed by atoms with Crippen molar-refractivity contribution in [1.29, 1.82) is 0 Å². The van der Waals surface area contributed by atoms with E-state index in [9.17, 15) is 8.42 Å². The van der Waals surface area contributed by atoms with Gasteiger partial charge in [-0.3, -0.25) is 0 Å². The lowest BCUT2D eigenvalue weighted by atomic mass is 10.0. The van der Waals surface area contributed by atoms with Crippen molar-refractivity contribution in [3.05, 3.63) is 22.2 Å². The molecule has 2 rings (SSSR count). The summed E-state index contributed by atoms with van der Waals surface area (Å²) in [7, 11) is -2.36. The van der Waals surface area contributed by atoms with Crippen LogP contribution in [0, 0.1) is 0 Å². The molecule has 0 amide bonds. The topological polar surface area (TPSA) is 81.4 Å². The molecule has 1 fully saturated rings. The number of rotatable bonds is 5. The number of halogens is 2. The second kappa shape index (κ2) is 6.30. The molecule has 5 nitrogen and oxygen atoms in total. The van der Waals surface area contributed by atoms with E-state index in [1.807, 2.05) is 0 Å². The van der Waals surface area contributed by atoms with Crippen LogP contribution in [0.5, 0.6) is 5.75 Å². The molecule has 118 valence electrons. The minimum Gasteiger partial charge on any atom is -0.495 e. The lowest BCUT2D eigenvalue weighted by Gasteiger charge is -2.28. The number of nitrogens with two attached hydrogens (primary N) is 1. The zero-order valence-electron chi connectivity index (χ0n) is 11.7. The van der Waals surface area contributed by atoms with Crippen molar-refractivity contribution >= 4 is 33.2 Å². The first-order valence-electron chi connectivity index (χ1n) is 6.61. The van der Waals surface area contributed by atoms with Gasteiger partial charge in [0.25, 0.3) is 0 Å². The molecule has 21 heavy (non-hydrogen) atoms. The van der Waals surface area contributed by atoms with Crippen LogP contribution in [0.1, 0.15) is 25.7 Å². The summed E-state index contributed by atoms with van der Waals surface area (Å²) in [5, 5.41) is 0.254. The summed E-state index contributed by atoms with van der Waals surface area (Å²) in [6.07, 6.45) is 3.36. The second-order valence-corrected chi connectivity index (χ2v) is 7.68. The van der Waals surface area contributed by atoms with Gasteiger partial charge in [-0.05, 0) is 18.9 Å². The monoisotopic (exact) mass is 352 g/mol. The predicted octanol–water partition coefficient (Wildman–Crippen LogP) is 2.55. The zero-order valence-corrected chi connectivity index (χ0v) is 14.0. The number of benzene rings is 1. The molecule has 1 saturated carbocycles. The van der Waals surface area contributed by atoms with Crippen LogP contribution >= 0.6 is 23.2 Å². The predicted molar refractivity (Wildman–Crippen MR) is 83.6 cm³/mol. The number of methoxy groups -OCH3 is 1. The average Bonchev–Trinajstić information content (AvgIpc) is 2.89. The minimum absolute atomic E-state index is 0.0605. The molecule has 0 saturated heterocycles. The third-order valence-electron chi connectivity index (χ3n) is 3.80. The molecule has 0 aromatic heterocycles. The Morgan fingerprint density at radius 2 is 1.90 bits per heavy atom. The Balaban J connectivity index is 2.38. The molecular formula is C13H18Cl2N2O3S. The number of hydrogen-bond donors (Lipinski definition) is 2. The van der Waals surface area contributed by atoms with Gasteiger partial charge in [0.05, 0.1) is 17.2 Å². The van der Waals surface area contributed by atoms with Crippen molar-refractivity contribution in [2.75, 3.05) is 13.7 Å². The molecule has 0 heterocycles. The van der Waals surface area contributed by atoms with Gasteiger partial charge in [-0.1, -0.05) is 36.0 Å². The summed E-state index contributed by atoms with van der Waals surface area (Å²) in [4.78, 5) is -0.0605. The van der Waals surface area contributed by atoms with E-state index in [-0.39, 0.29) is 21.5 Å². The molecule has 0 aliphatic heterocycles. The molecule has 0 unspecified atom stereocenters. The van der Waals surface area contributed by atoms with E-state index in [4.69, 9.17) is 33.7 Å². The highest BCUT2D eigenvalue weighted by molar-refractivity contribution is 7.89. The Morgan fingerprint density at radius 3 is 2.43 bits per heavy atom. The maximum atomic E-state index is 12.6. The van der Waals surface area contributed by atoms with Gasteiger partial charge < -0.3 is 10.5 Å². The van der Waals surface area contributed by atoms with Crippen molar-refractivity contribution in [2.45, 2.75) is 36.1 Å². The molecule has 1 aromatic carbocycles. The summed E-state index contributed by atoms with van der Waals surface area (Å²) in [5.41, 5.74) is 5.17. The SMILES string of the molecule is COc1cc(Cl)c(S(=O)(=O)NC2(CN)CCCC2)cc1Cl. The van der Waals surface area contributed by atoms with Crippen molar-refractivity contribution in [2.24, 2.45) is 5.73 Å². The number of sulfonamides is 1. The quantitative estimate of drug-likeness (QED) is 0.852. The maximum Gasteiger partial charge on any atom is 0.242 e. The third kappa shape index (κ3) is 3.46. The molecule has 0 spiro atoms. The van der Waals surface area contributed by atoms with Crippen LogP contribution in [0.25, 0.3) is 0 Å². The van der Waals surface area contributed by atoms with Crippen molar-refractivity contribution in [3.63, 3.8) is 0 Å². The van der Waals surface area contributed by atoms with Crippen molar-refractivity contribution < 1.29 is 13.2 Å². The summed E-state index contributed by atoms with van der Waals surface area (Å²) >= 11 is 12.0. The molecule has 3 N–H and O–H groups in total. The number of nitrogens with one attached hydrogen (secondary N) is 1. The van der Waals surface area contributed by atoms with Crippen molar-refractivity contribution in [3.8, 4) is 5.75 Å². The summed E-state index contributed by atoms with van der Waals surface area (Å²) in [6, 6.07) is 2.69. The normalized spacial score (nSPS) is 17.9. The largest absolute Gasteiger partial charge is 0.495 e. The summed E-state index contributed by atoms with van der Waals surface area (Å²) < 4.78 is 32.9. The summed E-state index contributed by atoms with van der Waals surface area (Å²) in [5.74, 6) is 0.329. The van der Waals surface area contributed by atoms with Gasteiger partial charge in [-0.15, -0.1) is 0 Å².